The molecule has 1 amide bonds. The summed E-state index contributed by atoms with van der Waals surface area (Å²) in [6.45, 7) is 1.34. The molecule has 0 saturated carbocycles. The van der Waals surface area contributed by atoms with Crippen molar-refractivity contribution in [1.82, 2.24) is 9.62 Å². The molecule has 0 aromatic heterocycles. The Hall–Kier alpha value is -1.95. The van der Waals surface area contributed by atoms with Crippen LogP contribution in [0.2, 0.25) is 0 Å². The maximum atomic E-state index is 12.6. The van der Waals surface area contributed by atoms with Gasteiger partial charge in [-0.2, -0.15) is 5.26 Å². The standard InChI is InChI=1S/C17H23N3O4S/c1-24-11-8-17(19-25(2,22)23)6-9-20(10-7-17)16(21)15-5-3-4-14(12-15)13-18/h3-5,12,19H,6-11H2,1-2H3. The van der Waals surface area contributed by atoms with Crippen molar-refractivity contribution in [1.29, 1.82) is 5.26 Å². The minimum absolute atomic E-state index is 0.142. The summed E-state index contributed by atoms with van der Waals surface area (Å²) < 4.78 is 31.3. The normalized spacial score (nSPS) is 17.1. The van der Waals surface area contributed by atoms with Crippen LogP contribution >= 0.6 is 0 Å². The molecule has 0 radical (unpaired) electrons. The summed E-state index contributed by atoms with van der Waals surface area (Å²) in [5.74, 6) is -0.142. The summed E-state index contributed by atoms with van der Waals surface area (Å²) in [7, 11) is -1.78. The lowest BCUT2D eigenvalue weighted by Crippen LogP contribution is -2.56. The molecule has 136 valence electrons. The van der Waals surface area contributed by atoms with Gasteiger partial charge >= 0.3 is 0 Å². The van der Waals surface area contributed by atoms with Gasteiger partial charge in [0.25, 0.3) is 5.91 Å². The van der Waals surface area contributed by atoms with Gasteiger partial charge < -0.3 is 9.64 Å². The number of amides is 1. The van der Waals surface area contributed by atoms with E-state index in [0.29, 0.717) is 50.1 Å². The Morgan fingerprint density at radius 1 is 1.40 bits per heavy atom. The monoisotopic (exact) mass is 365 g/mol. The van der Waals surface area contributed by atoms with Crippen LogP contribution in [-0.2, 0) is 14.8 Å². The predicted octanol–water partition coefficient (Wildman–Crippen LogP) is 1.12. The Morgan fingerprint density at radius 2 is 2.08 bits per heavy atom. The maximum absolute atomic E-state index is 12.6. The van der Waals surface area contributed by atoms with Crippen molar-refractivity contribution in [2.24, 2.45) is 0 Å². The van der Waals surface area contributed by atoms with E-state index in [0.717, 1.165) is 6.26 Å². The second kappa shape index (κ2) is 7.95. The zero-order valence-corrected chi connectivity index (χ0v) is 15.3. The number of rotatable bonds is 6. The van der Waals surface area contributed by atoms with Crippen LogP contribution in [0, 0.1) is 11.3 Å². The predicted molar refractivity (Wildman–Crippen MR) is 93.5 cm³/mol. The third kappa shape index (κ3) is 5.26. The molecule has 8 heteroatoms. The van der Waals surface area contributed by atoms with Gasteiger partial charge in [0.05, 0.1) is 17.9 Å². The van der Waals surface area contributed by atoms with Gasteiger partial charge in [0, 0.05) is 37.9 Å². The third-order valence-electron chi connectivity index (χ3n) is 4.43. The summed E-state index contributed by atoms with van der Waals surface area (Å²) in [4.78, 5) is 14.3. The van der Waals surface area contributed by atoms with E-state index in [4.69, 9.17) is 10.00 Å². The first kappa shape index (κ1) is 19.4. The number of piperidine rings is 1. The smallest absolute Gasteiger partial charge is 0.253 e. The fourth-order valence-electron chi connectivity index (χ4n) is 3.14. The first-order valence-corrected chi connectivity index (χ1v) is 9.95. The Bertz CT molecular complexity index is 762. The minimum atomic E-state index is -3.36. The summed E-state index contributed by atoms with van der Waals surface area (Å²) >= 11 is 0. The molecule has 0 unspecified atom stereocenters. The summed E-state index contributed by atoms with van der Waals surface area (Å²) in [5.41, 5.74) is 0.324. The van der Waals surface area contributed by atoms with Crippen LogP contribution in [0.15, 0.2) is 24.3 Å². The number of hydrogen-bond donors (Lipinski definition) is 1. The first-order chi connectivity index (χ1) is 11.8. The number of nitriles is 1. The number of nitrogens with one attached hydrogen (secondary N) is 1. The molecule has 1 fully saturated rings. The van der Waals surface area contributed by atoms with Crippen molar-refractivity contribution >= 4 is 15.9 Å². The molecule has 1 aromatic rings. The van der Waals surface area contributed by atoms with Crippen LogP contribution in [0.5, 0.6) is 0 Å². The van der Waals surface area contributed by atoms with Crippen molar-refractivity contribution in [3.8, 4) is 6.07 Å². The topological polar surface area (TPSA) is 99.5 Å². The largest absolute Gasteiger partial charge is 0.385 e. The molecule has 0 spiro atoms. The first-order valence-electron chi connectivity index (χ1n) is 8.06. The Kier molecular flexibility index (Phi) is 6.16. The zero-order chi connectivity index (χ0) is 18.5. The molecule has 0 atom stereocenters. The average Bonchev–Trinajstić information content (AvgIpc) is 2.59. The van der Waals surface area contributed by atoms with E-state index in [2.05, 4.69) is 4.72 Å². The minimum Gasteiger partial charge on any atom is -0.385 e. The number of sulfonamides is 1. The lowest BCUT2D eigenvalue weighted by atomic mass is 9.85. The van der Waals surface area contributed by atoms with Gasteiger partial charge in [-0.3, -0.25) is 4.79 Å². The second-order valence-corrected chi connectivity index (χ2v) is 8.13. The van der Waals surface area contributed by atoms with Crippen molar-refractivity contribution in [2.45, 2.75) is 24.8 Å². The van der Waals surface area contributed by atoms with Gasteiger partial charge in [-0.25, -0.2) is 13.1 Å². The summed E-state index contributed by atoms with van der Waals surface area (Å²) in [6, 6.07) is 8.62. The fraction of sp³-hybridized carbons (Fsp3) is 0.529. The number of ether oxygens (including phenoxy) is 1. The molecule has 1 aliphatic rings. The van der Waals surface area contributed by atoms with Crippen molar-refractivity contribution < 1.29 is 17.9 Å². The van der Waals surface area contributed by atoms with E-state index in [1.807, 2.05) is 6.07 Å². The summed E-state index contributed by atoms with van der Waals surface area (Å²) in [6.07, 6.45) is 2.75. The molecular formula is C17H23N3O4S. The third-order valence-corrected chi connectivity index (χ3v) is 5.24. The van der Waals surface area contributed by atoms with Gasteiger partial charge in [-0.15, -0.1) is 0 Å². The number of likely N-dealkylation sites (tertiary alicyclic amines) is 1. The molecule has 1 aliphatic heterocycles. The van der Waals surface area contributed by atoms with E-state index < -0.39 is 15.6 Å². The SMILES string of the molecule is COCCC1(NS(C)(=O)=O)CCN(C(=O)c2cccc(C#N)c2)CC1. The highest BCUT2D eigenvalue weighted by Gasteiger charge is 2.38. The van der Waals surface area contributed by atoms with Gasteiger partial charge in [-0.1, -0.05) is 6.07 Å². The highest BCUT2D eigenvalue weighted by Crippen LogP contribution is 2.27. The van der Waals surface area contributed by atoms with Gasteiger partial charge in [0.1, 0.15) is 0 Å². The molecule has 0 bridgehead atoms. The van der Waals surface area contributed by atoms with Crippen LogP contribution < -0.4 is 4.72 Å². The second-order valence-electron chi connectivity index (χ2n) is 6.38. The molecule has 1 saturated heterocycles. The van der Waals surface area contributed by atoms with Crippen molar-refractivity contribution in [3.63, 3.8) is 0 Å². The van der Waals surface area contributed by atoms with Crippen LogP contribution in [0.1, 0.15) is 35.2 Å². The van der Waals surface area contributed by atoms with Crippen molar-refractivity contribution in [3.05, 3.63) is 35.4 Å². The van der Waals surface area contributed by atoms with Crippen LogP contribution in [0.4, 0.5) is 0 Å². The molecule has 0 aliphatic carbocycles. The van der Waals surface area contributed by atoms with Gasteiger partial charge in [-0.05, 0) is 37.5 Å². The maximum Gasteiger partial charge on any atom is 0.253 e. The van der Waals surface area contributed by atoms with E-state index in [-0.39, 0.29) is 5.91 Å². The number of carbonyl (C=O) groups excluding carboxylic acids is 1. The number of carbonyl (C=O) groups is 1. The molecule has 25 heavy (non-hydrogen) atoms. The molecule has 1 aromatic carbocycles. The Labute approximate surface area is 148 Å². The molecule has 2 rings (SSSR count). The lowest BCUT2D eigenvalue weighted by molar-refractivity contribution is 0.0621. The highest BCUT2D eigenvalue weighted by atomic mass is 32.2. The molecule has 1 N–H and O–H groups in total. The van der Waals surface area contributed by atoms with E-state index in [1.54, 1.807) is 36.3 Å². The average molecular weight is 365 g/mol. The quantitative estimate of drug-likeness (QED) is 0.814. The number of nitrogens with zero attached hydrogens (tertiary/aromatic N) is 2. The van der Waals surface area contributed by atoms with Crippen LogP contribution in [0.3, 0.4) is 0 Å². The fourth-order valence-corrected chi connectivity index (χ4v) is 4.23. The van der Waals surface area contributed by atoms with E-state index in [9.17, 15) is 13.2 Å². The zero-order valence-electron chi connectivity index (χ0n) is 14.5. The lowest BCUT2D eigenvalue weighted by Gasteiger charge is -2.42. The Morgan fingerprint density at radius 3 is 2.64 bits per heavy atom. The van der Waals surface area contributed by atoms with Crippen LogP contribution in [-0.4, -0.2) is 57.8 Å². The number of hydrogen-bond acceptors (Lipinski definition) is 5. The number of benzene rings is 1. The molecular weight excluding hydrogens is 342 g/mol. The van der Waals surface area contributed by atoms with E-state index in [1.165, 1.54) is 0 Å². The van der Waals surface area contributed by atoms with Gasteiger partial charge in [0.15, 0.2) is 0 Å². The Balaban J connectivity index is 2.09. The molecule has 7 nitrogen and oxygen atoms in total. The summed E-state index contributed by atoms with van der Waals surface area (Å²) in [5, 5.41) is 8.96. The van der Waals surface area contributed by atoms with Crippen molar-refractivity contribution in [2.75, 3.05) is 33.1 Å². The number of methoxy groups -OCH3 is 1. The highest BCUT2D eigenvalue weighted by molar-refractivity contribution is 7.88. The van der Waals surface area contributed by atoms with Crippen LogP contribution in [0.25, 0.3) is 0 Å². The van der Waals surface area contributed by atoms with Gasteiger partial charge in [0.2, 0.25) is 10.0 Å². The molecule has 1 heterocycles. The van der Waals surface area contributed by atoms with E-state index >= 15 is 0 Å².